The molecule has 0 radical (unpaired) electrons. The number of ether oxygens (including phenoxy) is 6. The lowest BCUT2D eigenvalue weighted by atomic mass is 9.96. The summed E-state index contributed by atoms with van der Waals surface area (Å²) in [7, 11) is 0. The summed E-state index contributed by atoms with van der Waals surface area (Å²) >= 11 is 0. The highest BCUT2D eigenvalue weighted by Crippen LogP contribution is 2.33. The molecule has 3 saturated heterocycles. The third kappa shape index (κ3) is 18.9. The second-order valence-electron chi connectivity index (χ2n) is 17.2. The van der Waals surface area contributed by atoms with Gasteiger partial charge < -0.3 is 89.9 Å². The average Bonchev–Trinajstić information content (AvgIpc) is 3.31. The Kier molecular flexibility index (Phi) is 28.6. The predicted molar refractivity (Wildman–Crippen MR) is 240 cm³/mol. The summed E-state index contributed by atoms with van der Waals surface area (Å²) in [5, 5.41) is 119. The third-order valence-electron chi connectivity index (χ3n) is 11.8. The first kappa shape index (κ1) is 58.1. The van der Waals surface area contributed by atoms with Gasteiger partial charge in [-0.3, -0.25) is 4.79 Å². The Balaban J connectivity index is 1.61. The van der Waals surface area contributed by atoms with Crippen molar-refractivity contribution in [2.75, 3.05) is 26.4 Å². The highest BCUT2D eigenvalue weighted by Gasteiger charge is 2.53. The fourth-order valence-electron chi connectivity index (χ4n) is 7.76. The Morgan fingerprint density at radius 2 is 0.970 bits per heavy atom. The van der Waals surface area contributed by atoms with E-state index in [1.807, 2.05) is 0 Å². The minimum Gasteiger partial charge on any atom is -0.394 e. The van der Waals surface area contributed by atoms with Crippen molar-refractivity contribution in [3.8, 4) is 0 Å². The smallest absolute Gasteiger partial charge is 0.220 e. The molecule has 0 aromatic rings. The van der Waals surface area contributed by atoms with E-state index in [4.69, 9.17) is 28.4 Å². The molecule has 0 saturated carbocycles. The molecule has 0 aromatic heterocycles. The number of allylic oxidation sites excluding steroid dienone is 7. The minimum atomic E-state index is -1.98. The maximum atomic E-state index is 13.1. The molecule has 0 spiro atoms. The second kappa shape index (κ2) is 32.5. The molecule has 66 heavy (non-hydrogen) atoms. The van der Waals surface area contributed by atoms with Crippen LogP contribution < -0.4 is 5.32 Å². The summed E-state index contributed by atoms with van der Waals surface area (Å²) in [5.74, 6) is -0.309. The Hall–Kier alpha value is -2.25. The first-order valence-corrected chi connectivity index (χ1v) is 23.9. The molecule has 3 aliphatic heterocycles. The van der Waals surface area contributed by atoms with Gasteiger partial charge in [-0.1, -0.05) is 94.6 Å². The highest BCUT2D eigenvalue weighted by molar-refractivity contribution is 5.76. The van der Waals surface area contributed by atoms with Gasteiger partial charge in [-0.25, -0.2) is 0 Å². The number of hydrogen-bond acceptors (Lipinski definition) is 18. The molecule has 3 rings (SSSR count). The topological polar surface area (TPSA) is 307 Å². The van der Waals surface area contributed by atoms with Crippen LogP contribution in [0.5, 0.6) is 0 Å². The molecule has 3 heterocycles. The number of nitrogens with one attached hydrogen (secondary N) is 1. The summed E-state index contributed by atoms with van der Waals surface area (Å²) in [4.78, 5) is 13.1. The van der Waals surface area contributed by atoms with Crippen molar-refractivity contribution in [3.63, 3.8) is 0 Å². The number of carbonyl (C=O) groups excluding carboxylic acids is 1. The van der Waals surface area contributed by atoms with Gasteiger partial charge >= 0.3 is 0 Å². The standard InChI is InChI=1S/C47H81NO18/c1-3-5-7-9-11-13-15-16-18-20-22-24-31(52)30(48-35(53)25-23-21-19-17-14-12-10-8-6-4-2)29-61-45-41(59)38(56)43(33(27-50)63-45)66-47-42(60)39(57)44(34(28-51)64-47)65-46-40(58)37(55)36(54)32(26-49)62-46/h7-10,15-16,22,24,30-34,36-47,49-52,54-60H,3-6,11-14,17-21,23,25-29H2,1-2H3,(H,48,53)/b9-7+,10-8-,16-15+,24-22+. The lowest BCUT2D eigenvalue weighted by molar-refractivity contribution is -0.379. The van der Waals surface area contributed by atoms with Crippen LogP contribution in [0.25, 0.3) is 0 Å². The van der Waals surface area contributed by atoms with E-state index < -0.39 is 124 Å². The second-order valence-corrected chi connectivity index (χ2v) is 17.2. The van der Waals surface area contributed by atoms with Crippen molar-refractivity contribution in [1.29, 1.82) is 0 Å². The van der Waals surface area contributed by atoms with Gasteiger partial charge in [0.15, 0.2) is 18.9 Å². The predicted octanol–water partition coefficient (Wildman–Crippen LogP) is 0.413. The molecule has 3 fully saturated rings. The van der Waals surface area contributed by atoms with Gasteiger partial charge in [-0.15, -0.1) is 0 Å². The van der Waals surface area contributed by atoms with E-state index in [1.165, 1.54) is 0 Å². The monoisotopic (exact) mass is 948 g/mol. The molecule has 1 amide bonds. The van der Waals surface area contributed by atoms with E-state index in [2.05, 4.69) is 55.6 Å². The van der Waals surface area contributed by atoms with Crippen LogP contribution in [0.3, 0.4) is 0 Å². The van der Waals surface area contributed by atoms with Gasteiger partial charge in [0, 0.05) is 6.42 Å². The molecule has 17 unspecified atom stereocenters. The van der Waals surface area contributed by atoms with Gasteiger partial charge in [0.25, 0.3) is 0 Å². The van der Waals surface area contributed by atoms with Gasteiger partial charge in [0.05, 0.1) is 38.6 Å². The van der Waals surface area contributed by atoms with Gasteiger partial charge in [0.1, 0.15) is 73.2 Å². The number of unbranched alkanes of at least 4 members (excludes halogenated alkanes) is 9. The largest absolute Gasteiger partial charge is 0.394 e. The number of amides is 1. The van der Waals surface area contributed by atoms with Crippen LogP contribution in [0, 0.1) is 0 Å². The summed E-state index contributed by atoms with van der Waals surface area (Å²) < 4.78 is 34.0. The number of hydrogen-bond donors (Lipinski definition) is 12. The summed E-state index contributed by atoms with van der Waals surface area (Å²) in [6, 6.07) is -0.996. The first-order valence-electron chi connectivity index (χ1n) is 23.9. The molecule has 19 nitrogen and oxygen atoms in total. The molecule has 0 aromatic carbocycles. The summed E-state index contributed by atoms with van der Waals surface area (Å²) in [5.41, 5.74) is 0. The maximum absolute atomic E-state index is 13.1. The lowest BCUT2D eigenvalue weighted by Gasteiger charge is -2.48. The van der Waals surface area contributed by atoms with Crippen LogP contribution in [0.15, 0.2) is 48.6 Å². The number of aliphatic hydroxyl groups excluding tert-OH is 11. The molecule has 0 bridgehead atoms. The normalized spacial score (nSPS) is 34.2. The Labute approximate surface area is 389 Å². The molecule has 17 atom stereocenters. The zero-order chi connectivity index (χ0) is 48.4. The summed E-state index contributed by atoms with van der Waals surface area (Å²) in [6.45, 7) is 1.47. The van der Waals surface area contributed by atoms with Crippen molar-refractivity contribution >= 4 is 5.91 Å². The van der Waals surface area contributed by atoms with Crippen LogP contribution in [-0.4, -0.2) is 193 Å². The van der Waals surface area contributed by atoms with Crippen LogP contribution in [0.4, 0.5) is 0 Å². The van der Waals surface area contributed by atoms with Crippen molar-refractivity contribution in [2.24, 2.45) is 0 Å². The van der Waals surface area contributed by atoms with E-state index >= 15 is 0 Å². The molecule has 382 valence electrons. The van der Waals surface area contributed by atoms with Crippen LogP contribution in [0.1, 0.15) is 110 Å². The van der Waals surface area contributed by atoms with E-state index in [9.17, 15) is 61.0 Å². The fourth-order valence-corrected chi connectivity index (χ4v) is 7.76. The number of aliphatic hydroxyl groups is 11. The zero-order valence-corrected chi connectivity index (χ0v) is 38.6. The quantitative estimate of drug-likeness (QED) is 0.0331. The third-order valence-corrected chi connectivity index (χ3v) is 11.8. The SMILES string of the molecule is CCC/C=C\CCCCCCCC(=O)NC(COC1OC(CO)C(OC2OC(CO)C(OC3OC(CO)C(O)C(O)C3O)C(O)C2O)C(O)C1O)C(O)/C=C/CC/C=C/CC/C=C/CCC. The zero-order valence-electron chi connectivity index (χ0n) is 38.6. The number of carbonyl (C=O) groups is 1. The van der Waals surface area contributed by atoms with Crippen LogP contribution in [-0.2, 0) is 33.2 Å². The number of rotatable bonds is 31. The molecular weight excluding hydrogens is 867 g/mol. The Bertz CT molecular complexity index is 1410. The fraction of sp³-hybridized carbons (Fsp3) is 0.809. The van der Waals surface area contributed by atoms with Crippen molar-refractivity contribution in [2.45, 2.75) is 214 Å². The molecular formula is C47H81NO18. The van der Waals surface area contributed by atoms with Crippen molar-refractivity contribution < 1.29 is 89.4 Å². The molecule has 19 heteroatoms. The van der Waals surface area contributed by atoms with Gasteiger partial charge in [-0.05, 0) is 57.8 Å². The molecule has 3 aliphatic rings. The lowest BCUT2D eigenvalue weighted by Crippen LogP contribution is -2.66. The molecule has 12 N–H and O–H groups in total. The highest BCUT2D eigenvalue weighted by atomic mass is 16.8. The first-order chi connectivity index (χ1) is 31.8. The summed E-state index contributed by atoms with van der Waals surface area (Å²) in [6.07, 6.45) is 2.94. The minimum absolute atomic E-state index is 0.218. The van der Waals surface area contributed by atoms with E-state index in [0.29, 0.717) is 12.8 Å². The van der Waals surface area contributed by atoms with E-state index in [1.54, 1.807) is 12.2 Å². The van der Waals surface area contributed by atoms with Crippen molar-refractivity contribution in [1.82, 2.24) is 5.32 Å². The average molecular weight is 948 g/mol. The van der Waals surface area contributed by atoms with E-state index in [-0.39, 0.29) is 18.9 Å². The maximum Gasteiger partial charge on any atom is 0.220 e. The Morgan fingerprint density at radius 3 is 1.52 bits per heavy atom. The van der Waals surface area contributed by atoms with Crippen LogP contribution in [0.2, 0.25) is 0 Å². The van der Waals surface area contributed by atoms with Crippen LogP contribution >= 0.6 is 0 Å². The van der Waals surface area contributed by atoms with Gasteiger partial charge in [0.2, 0.25) is 5.91 Å². The van der Waals surface area contributed by atoms with Crippen molar-refractivity contribution in [3.05, 3.63) is 48.6 Å². The van der Waals surface area contributed by atoms with Gasteiger partial charge in [-0.2, -0.15) is 0 Å². The molecule has 0 aliphatic carbocycles. The van der Waals surface area contributed by atoms with E-state index in [0.717, 1.165) is 77.0 Å². The Morgan fingerprint density at radius 1 is 0.530 bits per heavy atom.